The van der Waals surface area contributed by atoms with Gasteiger partial charge >= 0.3 is 0 Å². The highest BCUT2D eigenvalue weighted by Gasteiger charge is 2.10. The van der Waals surface area contributed by atoms with Crippen LogP contribution in [-0.2, 0) is 6.61 Å². The van der Waals surface area contributed by atoms with Crippen molar-refractivity contribution in [1.82, 2.24) is 4.98 Å². The Hall–Kier alpha value is -2.23. The van der Waals surface area contributed by atoms with E-state index >= 15 is 0 Å². The van der Waals surface area contributed by atoms with Gasteiger partial charge in [-0.05, 0) is 26.0 Å². The van der Waals surface area contributed by atoms with Gasteiger partial charge in [0.25, 0.3) is 0 Å². The number of aryl methyl sites for hydroxylation is 1. The van der Waals surface area contributed by atoms with E-state index in [-0.39, 0.29) is 5.75 Å². The summed E-state index contributed by atoms with van der Waals surface area (Å²) in [5.41, 5.74) is 2.80. The van der Waals surface area contributed by atoms with Crippen LogP contribution in [0.4, 0.5) is 0 Å². The van der Waals surface area contributed by atoms with Crippen molar-refractivity contribution in [2.75, 3.05) is 7.11 Å². The number of ether oxygens (including phenoxy) is 2. The number of pyridine rings is 1. The predicted octanol–water partition coefficient (Wildman–Crippen LogP) is 2.99. The molecular formula is C15H17NO3. The number of methoxy groups -OCH3 is 1. The molecule has 1 aromatic carbocycles. The first-order valence-electron chi connectivity index (χ1n) is 6.02. The zero-order chi connectivity index (χ0) is 13.8. The number of rotatable bonds is 4. The summed E-state index contributed by atoms with van der Waals surface area (Å²) in [7, 11) is 1.65. The number of phenolic OH excluding ortho intramolecular Hbond substituents is 1. The van der Waals surface area contributed by atoms with E-state index in [0.717, 1.165) is 22.6 Å². The van der Waals surface area contributed by atoms with Crippen LogP contribution in [0.2, 0.25) is 0 Å². The van der Waals surface area contributed by atoms with E-state index < -0.39 is 0 Å². The number of nitrogens with zero attached hydrogens (tertiary/aromatic N) is 1. The molecule has 0 saturated heterocycles. The van der Waals surface area contributed by atoms with Gasteiger partial charge in [0.15, 0.2) is 0 Å². The monoisotopic (exact) mass is 259 g/mol. The second-order valence-corrected chi connectivity index (χ2v) is 4.33. The lowest BCUT2D eigenvalue weighted by Gasteiger charge is -2.13. The Bertz CT molecular complexity index is 582. The van der Waals surface area contributed by atoms with E-state index in [4.69, 9.17) is 9.47 Å². The summed E-state index contributed by atoms with van der Waals surface area (Å²) in [4.78, 5) is 4.36. The number of aromatic hydroxyl groups is 1. The van der Waals surface area contributed by atoms with Crippen LogP contribution in [0.3, 0.4) is 0 Å². The van der Waals surface area contributed by atoms with E-state index in [0.29, 0.717) is 12.4 Å². The summed E-state index contributed by atoms with van der Waals surface area (Å²) in [6.07, 6.45) is 1.77. The summed E-state index contributed by atoms with van der Waals surface area (Å²) in [5, 5.41) is 9.37. The lowest BCUT2D eigenvalue weighted by molar-refractivity contribution is 0.297. The molecule has 1 N–H and O–H groups in total. The maximum Gasteiger partial charge on any atom is 0.131 e. The van der Waals surface area contributed by atoms with Crippen molar-refractivity contribution < 1.29 is 14.6 Å². The molecule has 0 fully saturated rings. The molecule has 0 spiro atoms. The largest absolute Gasteiger partial charge is 0.508 e. The summed E-state index contributed by atoms with van der Waals surface area (Å²) >= 11 is 0. The fraction of sp³-hybridized carbons (Fsp3) is 0.267. The van der Waals surface area contributed by atoms with Gasteiger partial charge in [0.1, 0.15) is 23.9 Å². The number of aromatic nitrogens is 1. The molecule has 0 aliphatic rings. The smallest absolute Gasteiger partial charge is 0.131 e. The van der Waals surface area contributed by atoms with E-state index in [1.807, 2.05) is 13.8 Å². The minimum Gasteiger partial charge on any atom is -0.508 e. The molecule has 0 aliphatic carbocycles. The first kappa shape index (κ1) is 13.2. The third kappa shape index (κ3) is 2.96. The minimum atomic E-state index is 0.184. The highest BCUT2D eigenvalue weighted by atomic mass is 16.5. The van der Waals surface area contributed by atoms with Crippen molar-refractivity contribution in [1.29, 1.82) is 0 Å². The molecule has 100 valence electrons. The van der Waals surface area contributed by atoms with E-state index in [1.54, 1.807) is 37.6 Å². The third-order valence-corrected chi connectivity index (χ3v) is 2.94. The first-order valence-corrected chi connectivity index (χ1v) is 6.02. The molecule has 2 rings (SSSR count). The molecule has 1 aromatic heterocycles. The highest BCUT2D eigenvalue weighted by Crippen LogP contribution is 2.25. The average Bonchev–Trinajstić information content (AvgIpc) is 2.38. The Balaban J connectivity index is 2.16. The van der Waals surface area contributed by atoms with Gasteiger partial charge < -0.3 is 14.6 Å². The van der Waals surface area contributed by atoms with Crippen molar-refractivity contribution in [3.05, 3.63) is 47.3 Å². The third-order valence-electron chi connectivity index (χ3n) is 2.94. The fourth-order valence-electron chi connectivity index (χ4n) is 1.94. The Morgan fingerprint density at radius 2 is 2.05 bits per heavy atom. The van der Waals surface area contributed by atoms with Crippen LogP contribution in [0.1, 0.15) is 16.8 Å². The van der Waals surface area contributed by atoms with Crippen LogP contribution in [0.5, 0.6) is 17.2 Å². The van der Waals surface area contributed by atoms with Gasteiger partial charge in [0.2, 0.25) is 0 Å². The molecule has 0 radical (unpaired) electrons. The van der Waals surface area contributed by atoms with Crippen molar-refractivity contribution >= 4 is 0 Å². The average molecular weight is 259 g/mol. The van der Waals surface area contributed by atoms with Gasteiger partial charge in [-0.3, -0.25) is 4.98 Å². The van der Waals surface area contributed by atoms with E-state index in [1.165, 1.54) is 0 Å². The number of hydrogen-bond donors (Lipinski definition) is 1. The zero-order valence-corrected chi connectivity index (χ0v) is 11.3. The standard InChI is InChI=1S/C15H17NO3/c1-10-8-16-14(11(2)15(10)18-3)9-19-13-6-4-5-12(17)7-13/h4-8,17H,9H2,1-3H3. The van der Waals surface area contributed by atoms with E-state index in [2.05, 4.69) is 4.98 Å². The van der Waals surface area contributed by atoms with Gasteiger partial charge in [-0.25, -0.2) is 0 Å². The van der Waals surface area contributed by atoms with Gasteiger partial charge in [0, 0.05) is 23.4 Å². The van der Waals surface area contributed by atoms with E-state index in [9.17, 15) is 5.11 Å². The maximum atomic E-state index is 9.37. The number of phenols is 1. The van der Waals surface area contributed by atoms with Crippen LogP contribution in [0.25, 0.3) is 0 Å². The van der Waals surface area contributed by atoms with Gasteiger partial charge in [0.05, 0.1) is 12.8 Å². The second kappa shape index (κ2) is 5.61. The molecule has 4 nitrogen and oxygen atoms in total. The topological polar surface area (TPSA) is 51.6 Å². The molecule has 0 saturated carbocycles. The quantitative estimate of drug-likeness (QED) is 0.917. The molecule has 4 heteroatoms. The summed E-state index contributed by atoms with van der Waals surface area (Å²) in [6.45, 7) is 4.25. The van der Waals surface area contributed by atoms with Crippen LogP contribution in [0, 0.1) is 13.8 Å². The Morgan fingerprint density at radius 1 is 1.26 bits per heavy atom. The SMILES string of the molecule is COc1c(C)cnc(COc2cccc(O)c2)c1C. The summed E-state index contributed by atoms with van der Waals surface area (Å²) in [6, 6.07) is 6.70. The molecule has 0 atom stereocenters. The Labute approximate surface area is 112 Å². The van der Waals surface area contributed by atoms with Gasteiger partial charge in [-0.15, -0.1) is 0 Å². The maximum absolute atomic E-state index is 9.37. The Kier molecular flexibility index (Phi) is 3.90. The number of benzene rings is 1. The summed E-state index contributed by atoms with van der Waals surface area (Å²) in [5.74, 6) is 1.63. The molecule has 0 unspecified atom stereocenters. The normalized spacial score (nSPS) is 10.3. The summed E-state index contributed by atoms with van der Waals surface area (Å²) < 4.78 is 11.0. The lowest BCUT2D eigenvalue weighted by atomic mass is 10.1. The highest BCUT2D eigenvalue weighted by molar-refractivity contribution is 5.41. The van der Waals surface area contributed by atoms with Crippen molar-refractivity contribution in [2.24, 2.45) is 0 Å². The molecule has 0 bridgehead atoms. The lowest BCUT2D eigenvalue weighted by Crippen LogP contribution is -2.04. The second-order valence-electron chi connectivity index (χ2n) is 4.33. The first-order chi connectivity index (χ1) is 9.11. The van der Waals surface area contributed by atoms with Crippen LogP contribution < -0.4 is 9.47 Å². The van der Waals surface area contributed by atoms with Crippen LogP contribution in [0.15, 0.2) is 30.5 Å². The van der Waals surface area contributed by atoms with Gasteiger partial charge in [-0.2, -0.15) is 0 Å². The molecule has 0 aliphatic heterocycles. The molecular weight excluding hydrogens is 242 g/mol. The van der Waals surface area contributed by atoms with Crippen LogP contribution in [-0.4, -0.2) is 17.2 Å². The van der Waals surface area contributed by atoms with Gasteiger partial charge in [-0.1, -0.05) is 6.07 Å². The van der Waals surface area contributed by atoms with Crippen molar-refractivity contribution in [3.8, 4) is 17.2 Å². The number of hydrogen-bond acceptors (Lipinski definition) is 4. The zero-order valence-electron chi connectivity index (χ0n) is 11.3. The fourth-order valence-corrected chi connectivity index (χ4v) is 1.94. The van der Waals surface area contributed by atoms with Crippen LogP contribution >= 0.6 is 0 Å². The predicted molar refractivity (Wildman–Crippen MR) is 72.7 cm³/mol. The minimum absolute atomic E-state index is 0.184. The van der Waals surface area contributed by atoms with Crippen molar-refractivity contribution in [2.45, 2.75) is 20.5 Å². The molecule has 0 amide bonds. The molecule has 2 aromatic rings. The Morgan fingerprint density at radius 3 is 2.74 bits per heavy atom. The molecule has 1 heterocycles. The van der Waals surface area contributed by atoms with Crippen molar-refractivity contribution in [3.63, 3.8) is 0 Å². The molecule has 19 heavy (non-hydrogen) atoms.